The summed E-state index contributed by atoms with van der Waals surface area (Å²) in [5.41, 5.74) is 2.00. The van der Waals surface area contributed by atoms with E-state index < -0.39 is 0 Å². The first kappa shape index (κ1) is 22.7. The number of carbonyl (C=O) groups excluding carboxylic acids is 1. The van der Waals surface area contributed by atoms with Gasteiger partial charge in [-0.25, -0.2) is 0 Å². The molecule has 0 unspecified atom stereocenters. The number of hydrogen-bond donors (Lipinski definition) is 1. The highest BCUT2D eigenvalue weighted by molar-refractivity contribution is 7.99. The van der Waals surface area contributed by atoms with E-state index >= 15 is 0 Å². The minimum Gasteiger partial charge on any atom is -0.497 e. The van der Waals surface area contributed by atoms with Crippen LogP contribution in [0.15, 0.2) is 53.7 Å². The molecule has 0 aliphatic heterocycles. The summed E-state index contributed by atoms with van der Waals surface area (Å²) in [5, 5.41) is 12.1. The highest BCUT2D eigenvalue weighted by atomic mass is 32.2. The standard InChI is InChI=1S/C23H28N4O3S/c1-5-27-21(14-30-20-10-6-17(7-11-20)16(2)3)25-26-23(27)31-15-22(28)24-18-8-12-19(29-4)13-9-18/h6-13,16H,5,14-15H2,1-4H3,(H,24,28). The molecule has 0 spiro atoms. The molecule has 0 saturated carbocycles. The van der Waals surface area contributed by atoms with Gasteiger partial charge in [0.05, 0.1) is 12.9 Å². The van der Waals surface area contributed by atoms with E-state index in [4.69, 9.17) is 9.47 Å². The van der Waals surface area contributed by atoms with E-state index in [9.17, 15) is 4.79 Å². The van der Waals surface area contributed by atoms with Gasteiger partial charge in [0.1, 0.15) is 18.1 Å². The van der Waals surface area contributed by atoms with E-state index in [1.54, 1.807) is 31.4 Å². The average molecular weight is 441 g/mol. The van der Waals surface area contributed by atoms with Crippen LogP contribution in [0, 0.1) is 0 Å². The summed E-state index contributed by atoms with van der Waals surface area (Å²) < 4.78 is 13.0. The molecule has 2 aromatic carbocycles. The second kappa shape index (κ2) is 10.9. The van der Waals surface area contributed by atoms with Crippen molar-refractivity contribution in [3.8, 4) is 11.5 Å². The Balaban J connectivity index is 1.54. The topological polar surface area (TPSA) is 78.3 Å². The highest BCUT2D eigenvalue weighted by Crippen LogP contribution is 2.22. The SMILES string of the molecule is CCn1c(COc2ccc(C(C)C)cc2)nnc1SCC(=O)Nc1ccc(OC)cc1. The Labute approximate surface area is 187 Å². The van der Waals surface area contributed by atoms with Crippen LogP contribution in [0.3, 0.4) is 0 Å². The first-order chi connectivity index (χ1) is 15.0. The molecule has 1 amide bonds. The predicted molar refractivity (Wildman–Crippen MR) is 123 cm³/mol. The van der Waals surface area contributed by atoms with Crippen molar-refractivity contribution in [2.24, 2.45) is 0 Å². The fourth-order valence-electron chi connectivity index (χ4n) is 2.95. The zero-order valence-electron chi connectivity index (χ0n) is 18.3. The first-order valence-electron chi connectivity index (χ1n) is 10.2. The number of nitrogens with zero attached hydrogens (tertiary/aromatic N) is 3. The third kappa shape index (κ3) is 6.24. The van der Waals surface area contributed by atoms with Crippen LogP contribution >= 0.6 is 11.8 Å². The van der Waals surface area contributed by atoms with Gasteiger partial charge >= 0.3 is 0 Å². The highest BCUT2D eigenvalue weighted by Gasteiger charge is 2.14. The van der Waals surface area contributed by atoms with Gasteiger partial charge in [-0.15, -0.1) is 10.2 Å². The van der Waals surface area contributed by atoms with Gasteiger partial charge in [-0.05, 0) is 54.8 Å². The number of rotatable bonds is 10. The number of methoxy groups -OCH3 is 1. The van der Waals surface area contributed by atoms with Gasteiger partial charge in [0.2, 0.25) is 5.91 Å². The van der Waals surface area contributed by atoms with Gasteiger partial charge < -0.3 is 19.4 Å². The monoisotopic (exact) mass is 440 g/mol. The fraction of sp³-hybridized carbons (Fsp3) is 0.348. The molecule has 1 aromatic heterocycles. The first-order valence-corrected chi connectivity index (χ1v) is 11.2. The van der Waals surface area contributed by atoms with E-state index in [2.05, 4.69) is 41.5 Å². The Morgan fingerprint density at radius 3 is 2.35 bits per heavy atom. The van der Waals surface area contributed by atoms with Crippen LogP contribution in [-0.2, 0) is 17.9 Å². The van der Waals surface area contributed by atoms with Crippen LogP contribution in [-0.4, -0.2) is 33.5 Å². The molecule has 31 heavy (non-hydrogen) atoms. The van der Waals surface area contributed by atoms with Gasteiger partial charge in [-0.3, -0.25) is 4.79 Å². The minimum absolute atomic E-state index is 0.108. The normalized spacial score (nSPS) is 10.9. The quantitative estimate of drug-likeness (QED) is 0.459. The Morgan fingerprint density at radius 2 is 1.74 bits per heavy atom. The van der Waals surface area contributed by atoms with Crippen molar-refractivity contribution in [1.82, 2.24) is 14.8 Å². The number of aromatic nitrogens is 3. The lowest BCUT2D eigenvalue weighted by atomic mass is 10.0. The van der Waals surface area contributed by atoms with Crippen molar-refractivity contribution >= 4 is 23.4 Å². The molecule has 0 atom stereocenters. The number of ether oxygens (including phenoxy) is 2. The number of nitrogens with one attached hydrogen (secondary N) is 1. The van der Waals surface area contributed by atoms with E-state index in [0.717, 1.165) is 23.0 Å². The molecule has 0 aliphatic rings. The molecule has 0 aliphatic carbocycles. The van der Waals surface area contributed by atoms with Crippen molar-refractivity contribution in [2.75, 3.05) is 18.2 Å². The Hall–Kier alpha value is -3.00. The molecule has 0 bridgehead atoms. The van der Waals surface area contributed by atoms with Gasteiger partial charge in [0, 0.05) is 12.2 Å². The molecule has 7 nitrogen and oxygen atoms in total. The summed E-state index contributed by atoms with van der Waals surface area (Å²) >= 11 is 1.35. The van der Waals surface area contributed by atoms with Crippen LogP contribution in [0.2, 0.25) is 0 Å². The third-order valence-corrected chi connectivity index (χ3v) is 5.70. The van der Waals surface area contributed by atoms with Crippen molar-refractivity contribution in [3.05, 3.63) is 59.9 Å². The molecule has 0 saturated heterocycles. The molecule has 1 heterocycles. The maximum Gasteiger partial charge on any atom is 0.234 e. The van der Waals surface area contributed by atoms with Crippen molar-refractivity contribution in [2.45, 2.75) is 45.0 Å². The number of hydrogen-bond acceptors (Lipinski definition) is 6. The Bertz CT molecular complexity index is 985. The zero-order valence-corrected chi connectivity index (χ0v) is 19.1. The number of thioether (sulfide) groups is 1. The maximum absolute atomic E-state index is 12.3. The molecule has 0 fully saturated rings. The summed E-state index contributed by atoms with van der Waals surface area (Å²) in [6.07, 6.45) is 0. The van der Waals surface area contributed by atoms with Crippen molar-refractivity contribution in [1.29, 1.82) is 0 Å². The third-order valence-electron chi connectivity index (χ3n) is 4.73. The van der Waals surface area contributed by atoms with Crippen LogP contribution in [0.25, 0.3) is 0 Å². The molecule has 8 heteroatoms. The lowest BCUT2D eigenvalue weighted by Crippen LogP contribution is -2.14. The summed E-state index contributed by atoms with van der Waals surface area (Å²) in [5.74, 6) is 2.88. The Kier molecular flexibility index (Phi) is 7.94. The molecule has 164 valence electrons. The lowest BCUT2D eigenvalue weighted by Gasteiger charge is -2.10. The largest absolute Gasteiger partial charge is 0.497 e. The summed E-state index contributed by atoms with van der Waals surface area (Å²) in [6, 6.07) is 15.3. The second-order valence-corrected chi connectivity index (χ2v) is 8.16. The van der Waals surface area contributed by atoms with Crippen LogP contribution in [0.1, 0.15) is 38.1 Å². The summed E-state index contributed by atoms with van der Waals surface area (Å²) in [4.78, 5) is 12.3. The van der Waals surface area contributed by atoms with Gasteiger partial charge in [-0.1, -0.05) is 37.7 Å². The smallest absolute Gasteiger partial charge is 0.234 e. The number of benzene rings is 2. The number of amides is 1. The average Bonchev–Trinajstić information content (AvgIpc) is 3.18. The number of anilines is 1. The number of carbonyl (C=O) groups is 1. The summed E-state index contributed by atoms with van der Waals surface area (Å²) in [7, 11) is 1.61. The van der Waals surface area contributed by atoms with Crippen molar-refractivity contribution in [3.63, 3.8) is 0 Å². The van der Waals surface area contributed by atoms with E-state index in [0.29, 0.717) is 24.2 Å². The van der Waals surface area contributed by atoms with Gasteiger partial charge in [-0.2, -0.15) is 0 Å². The zero-order chi connectivity index (χ0) is 22.2. The minimum atomic E-state index is -0.108. The van der Waals surface area contributed by atoms with Crippen LogP contribution in [0.5, 0.6) is 11.5 Å². The molecule has 0 radical (unpaired) electrons. The predicted octanol–water partition coefficient (Wildman–Crippen LogP) is 4.74. The molecule has 3 aromatic rings. The lowest BCUT2D eigenvalue weighted by molar-refractivity contribution is -0.113. The summed E-state index contributed by atoms with van der Waals surface area (Å²) in [6.45, 7) is 7.36. The Morgan fingerprint density at radius 1 is 1.06 bits per heavy atom. The van der Waals surface area contributed by atoms with Gasteiger partial charge in [0.15, 0.2) is 11.0 Å². The van der Waals surface area contributed by atoms with E-state index in [1.165, 1.54) is 17.3 Å². The second-order valence-electron chi connectivity index (χ2n) is 7.22. The maximum atomic E-state index is 12.3. The van der Waals surface area contributed by atoms with Gasteiger partial charge in [0.25, 0.3) is 0 Å². The molecule has 1 N–H and O–H groups in total. The molecular weight excluding hydrogens is 412 g/mol. The van der Waals surface area contributed by atoms with Crippen molar-refractivity contribution < 1.29 is 14.3 Å². The van der Waals surface area contributed by atoms with E-state index in [1.807, 2.05) is 23.6 Å². The molecule has 3 rings (SSSR count). The van der Waals surface area contributed by atoms with E-state index in [-0.39, 0.29) is 11.7 Å². The van der Waals surface area contributed by atoms with Crippen LogP contribution < -0.4 is 14.8 Å². The van der Waals surface area contributed by atoms with Crippen LogP contribution in [0.4, 0.5) is 5.69 Å². The fourth-order valence-corrected chi connectivity index (χ4v) is 3.77. The molecular formula is C23H28N4O3S.